The Morgan fingerprint density at radius 2 is 2.20 bits per heavy atom. The topological polar surface area (TPSA) is 35.6 Å². The summed E-state index contributed by atoms with van der Waals surface area (Å²) in [6.07, 6.45) is 3.74. The van der Waals surface area contributed by atoms with Crippen LogP contribution in [0.25, 0.3) is 11.0 Å². The maximum Gasteiger partial charge on any atom is 0.128 e. The minimum absolute atomic E-state index is 0.151. The van der Waals surface area contributed by atoms with Gasteiger partial charge in [0.25, 0.3) is 0 Å². The second-order valence-corrected chi connectivity index (χ2v) is 6.33. The number of benzene rings is 1. The maximum atomic E-state index is 6.28. The van der Waals surface area contributed by atoms with Crippen LogP contribution in [0, 0.1) is 0 Å². The van der Waals surface area contributed by atoms with Crippen molar-refractivity contribution in [2.45, 2.75) is 18.8 Å². The van der Waals surface area contributed by atoms with Crippen LogP contribution >= 0.6 is 27.5 Å². The smallest absolute Gasteiger partial charge is 0.128 e. The molecule has 0 aliphatic carbocycles. The Kier molecular flexibility index (Phi) is 3.56. The van der Waals surface area contributed by atoms with E-state index in [0.717, 1.165) is 27.2 Å². The third-order valence-electron chi connectivity index (χ3n) is 3.32. The molecule has 0 fully saturated rings. The van der Waals surface area contributed by atoms with E-state index in [0.29, 0.717) is 6.54 Å². The zero-order valence-electron chi connectivity index (χ0n) is 11.2. The number of halogens is 2. The molecule has 0 saturated heterocycles. The highest BCUT2D eigenvalue weighted by Gasteiger charge is 2.16. The number of hydrogen-bond donors (Lipinski definition) is 0. The molecule has 0 bridgehead atoms. The summed E-state index contributed by atoms with van der Waals surface area (Å²) in [6, 6.07) is 6.05. The van der Waals surface area contributed by atoms with Gasteiger partial charge >= 0.3 is 0 Å². The third-order valence-corrected chi connectivity index (χ3v) is 4.00. The Balaban J connectivity index is 2.18. The van der Waals surface area contributed by atoms with E-state index in [1.54, 1.807) is 6.20 Å². The molecule has 0 saturated carbocycles. The fourth-order valence-corrected chi connectivity index (χ4v) is 2.79. The van der Waals surface area contributed by atoms with Gasteiger partial charge in [-0.3, -0.25) is 0 Å². The summed E-state index contributed by atoms with van der Waals surface area (Å²) in [5.74, 6) is 1.84. The molecule has 0 aliphatic rings. The first-order valence-electron chi connectivity index (χ1n) is 6.32. The Hall–Kier alpha value is -1.33. The van der Waals surface area contributed by atoms with Gasteiger partial charge in [0, 0.05) is 23.9 Å². The molecule has 0 aliphatic heterocycles. The molecule has 3 aromatic rings. The highest BCUT2D eigenvalue weighted by molar-refractivity contribution is 9.10. The lowest BCUT2D eigenvalue weighted by Gasteiger charge is -2.10. The second kappa shape index (κ2) is 5.22. The molecular formula is C14H14BrClN4. The van der Waals surface area contributed by atoms with Crippen molar-refractivity contribution in [1.29, 1.82) is 0 Å². The molecule has 0 spiro atoms. The van der Waals surface area contributed by atoms with Gasteiger partial charge in [-0.15, -0.1) is 11.6 Å². The van der Waals surface area contributed by atoms with E-state index >= 15 is 0 Å². The van der Waals surface area contributed by atoms with Crippen molar-refractivity contribution in [2.75, 3.05) is 0 Å². The maximum absolute atomic E-state index is 6.28. The number of aryl methyl sites for hydroxylation is 1. The van der Waals surface area contributed by atoms with Crippen LogP contribution in [0.1, 0.15) is 23.9 Å². The Labute approximate surface area is 130 Å². The van der Waals surface area contributed by atoms with Crippen molar-refractivity contribution in [2.24, 2.45) is 7.05 Å². The third kappa shape index (κ3) is 2.36. The number of rotatable bonds is 3. The summed E-state index contributed by atoms with van der Waals surface area (Å²) >= 11 is 9.79. The average molecular weight is 354 g/mol. The van der Waals surface area contributed by atoms with Gasteiger partial charge in [-0.2, -0.15) is 0 Å². The van der Waals surface area contributed by atoms with E-state index in [-0.39, 0.29) is 5.38 Å². The Bertz CT molecular complexity index is 760. The molecule has 104 valence electrons. The number of alkyl halides is 1. The predicted octanol–water partition coefficient (Wildman–Crippen LogP) is 3.88. The lowest BCUT2D eigenvalue weighted by Crippen LogP contribution is -2.09. The quantitative estimate of drug-likeness (QED) is 0.670. The molecule has 2 aromatic heterocycles. The van der Waals surface area contributed by atoms with Gasteiger partial charge in [0.1, 0.15) is 11.6 Å². The SMILES string of the molecule is CC(Cl)c1nc2ccc(Br)cc2n1Cc1nccn1C. The zero-order valence-corrected chi connectivity index (χ0v) is 13.6. The van der Waals surface area contributed by atoms with Crippen LogP contribution in [0.2, 0.25) is 0 Å². The van der Waals surface area contributed by atoms with E-state index < -0.39 is 0 Å². The van der Waals surface area contributed by atoms with Gasteiger partial charge in [0.2, 0.25) is 0 Å². The Morgan fingerprint density at radius 1 is 1.40 bits per heavy atom. The zero-order chi connectivity index (χ0) is 14.3. The van der Waals surface area contributed by atoms with E-state index in [1.165, 1.54) is 0 Å². The molecule has 6 heteroatoms. The second-order valence-electron chi connectivity index (χ2n) is 4.76. The molecular weight excluding hydrogens is 340 g/mol. The number of hydrogen-bond acceptors (Lipinski definition) is 2. The van der Waals surface area contributed by atoms with E-state index in [1.807, 2.05) is 36.9 Å². The molecule has 0 N–H and O–H groups in total. The first-order chi connectivity index (χ1) is 9.56. The van der Waals surface area contributed by atoms with Crippen LogP contribution < -0.4 is 0 Å². The van der Waals surface area contributed by atoms with Gasteiger partial charge in [0.15, 0.2) is 0 Å². The summed E-state index contributed by atoms with van der Waals surface area (Å²) in [5, 5.41) is -0.151. The fourth-order valence-electron chi connectivity index (χ4n) is 2.27. The van der Waals surface area contributed by atoms with Gasteiger partial charge < -0.3 is 9.13 Å². The number of aromatic nitrogens is 4. The minimum atomic E-state index is -0.151. The van der Waals surface area contributed by atoms with Crippen molar-refractivity contribution >= 4 is 38.6 Å². The summed E-state index contributed by atoms with van der Waals surface area (Å²) in [7, 11) is 1.99. The molecule has 1 aromatic carbocycles. The van der Waals surface area contributed by atoms with E-state index in [4.69, 9.17) is 11.6 Å². The number of nitrogens with zero attached hydrogens (tertiary/aromatic N) is 4. The molecule has 3 rings (SSSR count). The van der Waals surface area contributed by atoms with Crippen LogP contribution in [0.4, 0.5) is 0 Å². The van der Waals surface area contributed by atoms with Crippen LogP contribution in [-0.4, -0.2) is 19.1 Å². The molecule has 4 nitrogen and oxygen atoms in total. The van der Waals surface area contributed by atoms with Crippen LogP contribution in [0.5, 0.6) is 0 Å². The van der Waals surface area contributed by atoms with Crippen molar-refractivity contribution in [3.63, 3.8) is 0 Å². The molecule has 0 radical (unpaired) electrons. The molecule has 1 atom stereocenters. The summed E-state index contributed by atoms with van der Waals surface area (Å²) in [5.41, 5.74) is 2.01. The summed E-state index contributed by atoms with van der Waals surface area (Å²) in [6.45, 7) is 2.59. The van der Waals surface area contributed by atoms with Crippen LogP contribution in [0.15, 0.2) is 35.1 Å². The first-order valence-corrected chi connectivity index (χ1v) is 7.55. The van der Waals surface area contributed by atoms with E-state index in [9.17, 15) is 0 Å². The summed E-state index contributed by atoms with van der Waals surface area (Å²) in [4.78, 5) is 9.02. The standard InChI is InChI=1S/C14H14BrClN4/c1-9(16)14-18-11-4-3-10(15)7-12(11)20(14)8-13-17-5-6-19(13)2/h3-7,9H,8H2,1-2H3. The van der Waals surface area contributed by atoms with Gasteiger partial charge in [-0.1, -0.05) is 15.9 Å². The number of fused-ring (bicyclic) bond motifs is 1. The van der Waals surface area contributed by atoms with Crippen molar-refractivity contribution < 1.29 is 0 Å². The van der Waals surface area contributed by atoms with Crippen molar-refractivity contribution in [1.82, 2.24) is 19.1 Å². The lowest BCUT2D eigenvalue weighted by molar-refractivity contribution is 0.677. The molecule has 0 amide bonds. The fraction of sp³-hybridized carbons (Fsp3) is 0.286. The largest absolute Gasteiger partial charge is 0.337 e. The van der Waals surface area contributed by atoms with Gasteiger partial charge in [-0.25, -0.2) is 9.97 Å². The van der Waals surface area contributed by atoms with Gasteiger partial charge in [0.05, 0.1) is 23.0 Å². The predicted molar refractivity (Wildman–Crippen MR) is 84.0 cm³/mol. The van der Waals surface area contributed by atoms with Crippen LogP contribution in [-0.2, 0) is 13.6 Å². The molecule has 2 heterocycles. The van der Waals surface area contributed by atoms with Crippen LogP contribution in [0.3, 0.4) is 0 Å². The van der Waals surface area contributed by atoms with Crippen molar-refractivity contribution in [3.05, 3.63) is 46.7 Å². The normalized spacial score (nSPS) is 13.0. The van der Waals surface area contributed by atoms with E-state index in [2.05, 4.69) is 36.5 Å². The lowest BCUT2D eigenvalue weighted by atomic mass is 10.3. The Morgan fingerprint density at radius 3 is 2.85 bits per heavy atom. The highest BCUT2D eigenvalue weighted by Crippen LogP contribution is 2.27. The van der Waals surface area contributed by atoms with Gasteiger partial charge in [-0.05, 0) is 25.1 Å². The number of imidazole rings is 2. The summed E-state index contributed by atoms with van der Waals surface area (Å²) < 4.78 is 5.16. The molecule has 20 heavy (non-hydrogen) atoms. The highest BCUT2D eigenvalue weighted by atomic mass is 79.9. The monoisotopic (exact) mass is 352 g/mol. The minimum Gasteiger partial charge on any atom is -0.337 e. The first kappa shape index (κ1) is 13.6. The average Bonchev–Trinajstić information content (AvgIpc) is 2.95. The van der Waals surface area contributed by atoms with Crippen molar-refractivity contribution in [3.8, 4) is 0 Å². The molecule has 1 unspecified atom stereocenters.